The molecule has 1 heterocycles. The van der Waals surface area contributed by atoms with Gasteiger partial charge in [0, 0.05) is 0 Å². The van der Waals surface area contributed by atoms with Gasteiger partial charge in [0.25, 0.3) is 0 Å². The molecule has 0 bridgehead atoms. The van der Waals surface area contributed by atoms with Gasteiger partial charge in [0.2, 0.25) is 0 Å². The van der Waals surface area contributed by atoms with Crippen molar-refractivity contribution in [1.82, 2.24) is 4.98 Å². The first-order chi connectivity index (χ1) is 6.31. The van der Waals surface area contributed by atoms with Crippen LogP contribution >= 0.6 is 11.6 Å². The summed E-state index contributed by atoms with van der Waals surface area (Å²) in [6.07, 6.45) is 5.72. The van der Waals surface area contributed by atoms with Gasteiger partial charge in [0.1, 0.15) is 5.02 Å². The van der Waals surface area contributed by atoms with Crippen LogP contribution in [0.5, 0.6) is 11.5 Å². The third-order valence-corrected chi connectivity index (χ3v) is 2.23. The molecular weight excluding hydrogens is 190 g/mol. The topological polar surface area (TPSA) is 31.4 Å². The minimum Gasteiger partial charge on any atom is -0.493 e. The quantitative estimate of drug-likeness (QED) is 0.749. The first-order valence-electron chi connectivity index (χ1n) is 4.15. The summed E-state index contributed by atoms with van der Waals surface area (Å²) in [4.78, 5) is 3.96. The van der Waals surface area contributed by atoms with Crippen molar-refractivity contribution < 1.29 is 9.47 Å². The molecule has 0 radical (unpaired) electrons. The number of rotatable bonds is 3. The maximum atomic E-state index is 5.99. The first-order valence-corrected chi connectivity index (χ1v) is 4.53. The Morgan fingerprint density at radius 1 is 1.38 bits per heavy atom. The fraction of sp³-hybridized carbons (Fsp3) is 0.444. The molecule has 4 heteroatoms. The summed E-state index contributed by atoms with van der Waals surface area (Å²) in [5, 5.41) is 0.504. The molecule has 1 fully saturated rings. The van der Waals surface area contributed by atoms with Crippen LogP contribution in [0.25, 0.3) is 0 Å². The van der Waals surface area contributed by atoms with E-state index >= 15 is 0 Å². The number of aromatic nitrogens is 1. The van der Waals surface area contributed by atoms with E-state index in [1.165, 1.54) is 0 Å². The van der Waals surface area contributed by atoms with Gasteiger partial charge in [-0.1, -0.05) is 11.6 Å². The molecule has 1 aromatic rings. The van der Waals surface area contributed by atoms with E-state index in [0.29, 0.717) is 22.6 Å². The maximum Gasteiger partial charge on any atom is 0.160 e. The second-order valence-electron chi connectivity index (χ2n) is 2.97. The van der Waals surface area contributed by atoms with E-state index in [1.807, 2.05) is 0 Å². The van der Waals surface area contributed by atoms with Gasteiger partial charge in [0.05, 0.1) is 25.6 Å². The van der Waals surface area contributed by atoms with E-state index in [-0.39, 0.29) is 0 Å². The van der Waals surface area contributed by atoms with Crippen LogP contribution in [0.4, 0.5) is 0 Å². The summed E-state index contributed by atoms with van der Waals surface area (Å²) in [5.74, 6) is 1.17. The van der Waals surface area contributed by atoms with Crippen molar-refractivity contribution >= 4 is 11.6 Å². The van der Waals surface area contributed by atoms with E-state index in [1.54, 1.807) is 19.5 Å². The van der Waals surface area contributed by atoms with Gasteiger partial charge in [0.15, 0.2) is 11.5 Å². The van der Waals surface area contributed by atoms with Crippen molar-refractivity contribution in [1.29, 1.82) is 0 Å². The van der Waals surface area contributed by atoms with Crippen LogP contribution < -0.4 is 9.47 Å². The van der Waals surface area contributed by atoms with Gasteiger partial charge < -0.3 is 9.47 Å². The van der Waals surface area contributed by atoms with Crippen molar-refractivity contribution in [2.45, 2.75) is 18.9 Å². The van der Waals surface area contributed by atoms with Crippen LogP contribution in [0.15, 0.2) is 12.4 Å². The van der Waals surface area contributed by atoms with Crippen LogP contribution in [0.1, 0.15) is 12.8 Å². The number of nitrogens with zero attached hydrogens (tertiary/aromatic N) is 1. The minimum atomic E-state index is 0.325. The molecule has 0 spiro atoms. The van der Waals surface area contributed by atoms with Crippen LogP contribution in [0, 0.1) is 0 Å². The molecule has 70 valence electrons. The highest BCUT2D eigenvalue weighted by Gasteiger charge is 2.25. The lowest BCUT2D eigenvalue weighted by atomic mass is 10.4. The molecule has 1 aliphatic rings. The van der Waals surface area contributed by atoms with Crippen LogP contribution in [-0.2, 0) is 0 Å². The standard InChI is InChI=1S/C9H10ClNO2/c1-12-7-4-11-5-8(9(7)10)13-6-2-3-6/h4-6H,2-3H2,1H3. The number of hydrogen-bond donors (Lipinski definition) is 0. The molecule has 13 heavy (non-hydrogen) atoms. The summed E-state index contributed by atoms with van der Waals surface area (Å²) in [5.41, 5.74) is 0. The molecule has 0 unspecified atom stereocenters. The van der Waals surface area contributed by atoms with E-state index in [0.717, 1.165) is 12.8 Å². The molecule has 3 nitrogen and oxygen atoms in total. The van der Waals surface area contributed by atoms with Gasteiger partial charge in [-0.25, -0.2) is 0 Å². The Hall–Kier alpha value is -0.960. The van der Waals surface area contributed by atoms with Gasteiger partial charge in [-0.2, -0.15) is 0 Å². The molecule has 0 saturated heterocycles. The first kappa shape index (κ1) is 8.63. The summed E-state index contributed by atoms with van der Waals surface area (Å²) >= 11 is 5.99. The average Bonchev–Trinajstić information content (AvgIpc) is 2.92. The number of ether oxygens (including phenoxy) is 2. The van der Waals surface area contributed by atoms with Gasteiger partial charge in [-0.3, -0.25) is 4.98 Å². The molecule has 2 rings (SSSR count). The summed E-state index contributed by atoms with van der Waals surface area (Å²) in [7, 11) is 1.56. The molecule has 1 aliphatic carbocycles. The smallest absolute Gasteiger partial charge is 0.160 e. The van der Waals surface area contributed by atoms with E-state index in [4.69, 9.17) is 21.1 Å². The summed E-state index contributed by atoms with van der Waals surface area (Å²) < 4.78 is 10.5. The van der Waals surface area contributed by atoms with E-state index in [9.17, 15) is 0 Å². The van der Waals surface area contributed by atoms with Crippen molar-refractivity contribution in [2.75, 3.05) is 7.11 Å². The fourth-order valence-electron chi connectivity index (χ4n) is 0.997. The highest BCUT2D eigenvalue weighted by Crippen LogP contribution is 2.36. The summed E-state index contributed by atoms with van der Waals surface area (Å²) in [6.45, 7) is 0. The van der Waals surface area contributed by atoms with Crippen molar-refractivity contribution in [2.24, 2.45) is 0 Å². The number of hydrogen-bond acceptors (Lipinski definition) is 3. The Labute approximate surface area is 81.6 Å². The lowest BCUT2D eigenvalue weighted by Crippen LogP contribution is -1.98. The lowest BCUT2D eigenvalue weighted by Gasteiger charge is -2.08. The zero-order valence-corrected chi connectivity index (χ0v) is 8.04. The minimum absolute atomic E-state index is 0.325. The Morgan fingerprint density at radius 3 is 2.69 bits per heavy atom. The average molecular weight is 200 g/mol. The van der Waals surface area contributed by atoms with E-state index in [2.05, 4.69) is 4.98 Å². The van der Waals surface area contributed by atoms with Gasteiger partial charge in [-0.15, -0.1) is 0 Å². The SMILES string of the molecule is COc1cncc(OC2CC2)c1Cl. The van der Waals surface area contributed by atoms with Crippen LogP contribution in [0.2, 0.25) is 5.02 Å². The third-order valence-electron chi connectivity index (χ3n) is 1.85. The predicted molar refractivity (Wildman–Crippen MR) is 49.4 cm³/mol. The Bertz CT molecular complexity index is 312. The third kappa shape index (κ3) is 1.86. The second-order valence-corrected chi connectivity index (χ2v) is 3.35. The Morgan fingerprint density at radius 2 is 2.08 bits per heavy atom. The number of methoxy groups -OCH3 is 1. The normalized spacial score (nSPS) is 15.5. The Balaban J connectivity index is 2.22. The molecular formula is C9H10ClNO2. The van der Waals surface area contributed by atoms with Crippen LogP contribution in [-0.4, -0.2) is 18.2 Å². The highest BCUT2D eigenvalue weighted by atomic mass is 35.5. The lowest BCUT2D eigenvalue weighted by molar-refractivity contribution is 0.299. The predicted octanol–water partition coefficient (Wildman–Crippen LogP) is 2.28. The largest absolute Gasteiger partial charge is 0.493 e. The monoisotopic (exact) mass is 199 g/mol. The zero-order valence-electron chi connectivity index (χ0n) is 7.29. The molecule has 0 N–H and O–H groups in total. The van der Waals surface area contributed by atoms with E-state index < -0.39 is 0 Å². The van der Waals surface area contributed by atoms with Gasteiger partial charge >= 0.3 is 0 Å². The fourth-order valence-corrected chi connectivity index (χ4v) is 1.22. The highest BCUT2D eigenvalue weighted by molar-refractivity contribution is 6.33. The number of pyridine rings is 1. The van der Waals surface area contributed by atoms with Gasteiger partial charge in [-0.05, 0) is 12.8 Å². The molecule has 0 aliphatic heterocycles. The molecule has 0 amide bonds. The van der Waals surface area contributed by atoms with Crippen molar-refractivity contribution in [3.8, 4) is 11.5 Å². The zero-order chi connectivity index (χ0) is 9.26. The maximum absolute atomic E-state index is 5.99. The second kappa shape index (κ2) is 3.42. The molecule has 0 aromatic carbocycles. The Kier molecular flexibility index (Phi) is 2.27. The van der Waals surface area contributed by atoms with Crippen molar-refractivity contribution in [3.63, 3.8) is 0 Å². The van der Waals surface area contributed by atoms with Crippen molar-refractivity contribution in [3.05, 3.63) is 17.4 Å². The molecule has 1 saturated carbocycles. The number of halogens is 1. The summed E-state index contributed by atoms with van der Waals surface area (Å²) in [6, 6.07) is 0. The molecule has 1 aromatic heterocycles. The van der Waals surface area contributed by atoms with Crippen LogP contribution in [0.3, 0.4) is 0 Å². The molecule has 0 atom stereocenters.